The second-order valence-corrected chi connectivity index (χ2v) is 8.12. The number of methoxy groups -OCH3 is 1. The number of rotatable bonds is 7. The van der Waals surface area contributed by atoms with Crippen molar-refractivity contribution in [2.24, 2.45) is 0 Å². The zero-order valence-corrected chi connectivity index (χ0v) is 18.1. The molecule has 1 aliphatic rings. The van der Waals surface area contributed by atoms with Crippen molar-refractivity contribution in [2.75, 3.05) is 26.7 Å². The third-order valence-electron chi connectivity index (χ3n) is 6.14. The van der Waals surface area contributed by atoms with E-state index in [0.717, 1.165) is 61.3 Å². The standard InChI is InChI=1S/C27H30N2O2/c1-31-25-12-5-8-22(20-25)26(23-9-6-16-28-21-23)13-7-17-29-18-14-27(30,15-19-29)24-10-3-2-4-11-24/h2-6,8-13,16,20-21,30H,7,14-15,17-19H2,1H3/b26-13-. The van der Waals surface area contributed by atoms with E-state index in [1.807, 2.05) is 54.7 Å². The minimum Gasteiger partial charge on any atom is -0.497 e. The van der Waals surface area contributed by atoms with E-state index in [4.69, 9.17) is 4.74 Å². The average molecular weight is 415 g/mol. The fourth-order valence-electron chi connectivity index (χ4n) is 4.29. The molecule has 0 bridgehead atoms. The topological polar surface area (TPSA) is 45.6 Å². The number of nitrogens with zero attached hydrogens (tertiary/aromatic N) is 2. The molecule has 1 aliphatic heterocycles. The number of pyridine rings is 1. The van der Waals surface area contributed by atoms with E-state index < -0.39 is 5.60 Å². The third-order valence-corrected chi connectivity index (χ3v) is 6.14. The van der Waals surface area contributed by atoms with E-state index in [2.05, 4.69) is 34.2 Å². The van der Waals surface area contributed by atoms with Crippen LogP contribution in [0.25, 0.3) is 5.57 Å². The monoisotopic (exact) mass is 414 g/mol. The van der Waals surface area contributed by atoms with Crippen LogP contribution in [0.2, 0.25) is 0 Å². The molecule has 0 unspecified atom stereocenters. The van der Waals surface area contributed by atoms with Gasteiger partial charge in [-0.15, -0.1) is 0 Å². The summed E-state index contributed by atoms with van der Waals surface area (Å²) in [6.07, 6.45) is 8.48. The Morgan fingerprint density at radius 3 is 2.52 bits per heavy atom. The van der Waals surface area contributed by atoms with Crippen LogP contribution in [-0.2, 0) is 5.60 Å². The Hall–Kier alpha value is -2.95. The molecule has 1 aromatic heterocycles. The van der Waals surface area contributed by atoms with Crippen LogP contribution in [0.3, 0.4) is 0 Å². The molecule has 160 valence electrons. The van der Waals surface area contributed by atoms with Gasteiger partial charge in [0.25, 0.3) is 0 Å². The maximum atomic E-state index is 11.1. The first-order chi connectivity index (χ1) is 15.2. The van der Waals surface area contributed by atoms with Gasteiger partial charge in [0.15, 0.2) is 0 Å². The van der Waals surface area contributed by atoms with Gasteiger partial charge in [-0.25, -0.2) is 0 Å². The predicted molar refractivity (Wildman–Crippen MR) is 125 cm³/mol. The van der Waals surface area contributed by atoms with Crippen LogP contribution in [0.4, 0.5) is 0 Å². The highest BCUT2D eigenvalue weighted by molar-refractivity contribution is 5.79. The number of piperidine rings is 1. The van der Waals surface area contributed by atoms with Crippen molar-refractivity contribution in [1.82, 2.24) is 9.88 Å². The molecule has 0 atom stereocenters. The largest absolute Gasteiger partial charge is 0.497 e. The van der Waals surface area contributed by atoms with Crippen molar-refractivity contribution in [3.63, 3.8) is 0 Å². The van der Waals surface area contributed by atoms with Crippen molar-refractivity contribution in [2.45, 2.75) is 24.9 Å². The van der Waals surface area contributed by atoms with Gasteiger partial charge in [-0.1, -0.05) is 54.6 Å². The molecule has 0 saturated carbocycles. The van der Waals surface area contributed by atoms with Gasteiger partial charge < -0.3 is 14.7 Å². The van der Waals surface area contributed by atoms with Crippen LogP contribution in [0, 0.1) is 0 Å². The molecule has 4 rings (SSSR count). The van der Waals surface area contributed by atoms with E-state index in [0.29, 0.717) is 0 Å². The van der Waals surface area contributed by atoms with E-state index in [1.165, 1.54) is 5.57 Å². The molecule has 2 heterocycles. The summed E-state index contributed by atoms with van der Waals surface area (Å²) in [5.74, 6) is 0.850. The normalized spacial score (nSPS) is 16.8. The number of hydrogen-bond acceptors (Lipinski definition) is 4. The molecular formula is C27H30N2O2. The number of likely N-dealkylation sites (tertiary alicyclic amines) is 1. The van der Waals surface area contributed by atoms with Crippen molar-refractivity contribution in [3.05, 3.63) is 102 Å². The predicted octanol–water partition coefficient (Wildman–Crippen LogP) is 4.90. The highest BCUT2D eigenvalue weighted by Gasteiger charge is 2.33. The van der Waals surface area contributed by atoms with Gasteiger partial charge in [0.1, 0.15) is 5.75 Å². The summed E-state index contributed by atoms with van der Waals surface area (Å²) >= 11 is 0. The molecule has 3 aromatic rings. The fraction of sp³-hybridized carbons (Fsp3) is 0.296. The summed E-state index contributed by atoms with van der Waals surface area (Å²) in [6, 6.07) is 22.3. The first-order valence-corrected chi connectivity index (χ1v) is 10.9. The van der Waals surface area contributed by atoms with Gasteiger partial charge in [-0.05, 0) is 54.2 Å². The molecule has 31 heavy (non-hydrogen) atoms. The van der Waals surface area contributed by atoms with Gasteiger partial charge in [0.05, 0.1) is 12.7 Å². The van der Waals surface area contributed by atoms with Crippen LogP contribution in [0.1, 0.15) is 36.0 Å². The van der Waals surface area contributed by atoms with Crippen LogP contribution in [0.5, 0.6) is 5.75 Å². The highest BCUT2D eigenvalue weighted by atomic mass is 16.5. The van der Waals surface area contributed by atoms with Crippen molar-refractivity contribution < 1.29 is 9.84 Å². The summed E-state index contributed by atoms with van der Waals surface area (Å²) < 4.78 is 5.42. The van der Waals surface area contributed by atoms with Crippen molar-refractivity contribution in [1.29, 1.82) is 0 Å². The van der Waals surface area contributed by atoms with Gasteiger partial charge in [-0.2, -0.15) is 0 Å². The van der Waals surface area contributed by atoms with Crippen molar-refractivity contribution in [3.8, 4) is 5.75 Å². The lowest BCUT2D eigenvalue weighted by Gasteiger charge is -2.38. The third kappa shape index (κ3) is 5.22. The number of aliphatic hydroxyl groups is 1. The lowest BCUT2D eigenvalue weighted by Crippen LogP contribution is -2.42. The summed E-state index contributed by atoms with van der Waals surface area (Å²) in [5.41, 5.74) is 3.74. The van der Waals surface area contributed by atoms with Gasteiger partial charge >= 0.3 is 0 Å². The number of aromatic nitrogens is 1. The number of ether oxygens (including phenoxy) is 1. The zero-order chi connectivity index (χ0) is 21.5. The summed E-state index contributed by atoms with van der Waals surface area (Å²) in [4.78, 5) is 6.75. The molecule has 0 amide bonds. The zero-order valence-electron chi connectivity index (χ0n) is 18.1. The van der Waals surface area contributed by atoms with Gasteiger partial charge in [0.2, 0.25) is 0 Å². The number of hydrogen-bond donors (Lipinski definition) is 1. The van der Waals surface area contributed by atoms with Crippen LogP contribution in [0.15, 0.2) is 85.2 Å². The molecule has 0 radical (unpaired) electrons. The first-order valence-electron chi connectivity index (χ1n) is 10.9. The Kier molecular flexibility index (Phi) is 6.80. The van der Waals surface area contributed by atoms with Crippen LogP contribution in [-0.4, -0.2) is 41.7 Å². The quantitative estimate of drug-likeness (QED) is 0.598. The SMILES string of the molecule is COc1cccc(/C(=C/CCN2CCC(O)(c3ccccc3)CC2)c2cccnc2)c1. The van der Waals surface area contributed by atoms with Crippen LogP contribution < -0.4 is 4.74 Å². The average Bonchev–Trinajstić information content (AvgIpc) is 2.84. The minimum atomic E-state index is -0.699. The van der Waals surface area contributed by atoms with E-state index in [-0.39, 0.29) is 0 Å². The molecule has 1 fully saturated rings. The first kappa shape index (κ1) is 21.3. The Bertz CT molecular complexity index is 994. The fourth-order valence-corrected chi connectivity index (χ4v) is 4.29. The molecular weight excluding hydrogens is 384 g/mol. The summed E-state index contributed by atoms with van der Waals surface area (Å²) in [6.45, 7) is 2.78. The number of benzene rings is 2. The molecule has 4 heteroatoms. The van der Waals surface area contributed by atoms with Crippen LogP contribution >= 0.6 is 0 Å². The molecule has 2 aromatic carbocycles. The minimum absolute atomic E-state index is 0.699. The Labute approximate surface area is 184 Å². The second kappa shape index (κ2) is 9.90. The highest BCUT2D eigenvalue weighted by Crippen LogP contribution is 2.33. The lowest BCUT2D eigenvalue weighted by molar-refractivity contribution is -0.0254. The molecule has 0 aliphatic carbocycles. The molecule has 1 N–H and O–H groups in total. The van der Waals surface area contributed by atoms with E-state index in [1.54, 1.807) is 13.3 Å². The van der Waals surface area contributed by atoms with E-state index in [9.17, 15) is 5.11 Å². The summed E-state index contributed by atoms with van der Waals surface area (Å²) in [5, 5.41) is 11.1. The Morgan fingerprint density at radius 2 is 1.81 bits per heavy atom. The maximum Gasteiger partial charge on any atom is 0.119 e. The molecule has 1 saturated heterocycles. The van der Waals surface area contributed by atoms with E-state index >= 15 is 0 Å². The summed E-state index contributed by atoms with van der Waals surface area (Å²) in [7, 11) is 1.69. The molecule has 0 spiro atoms. The molecule has 4 nitrogen and oxygen atoms in total. The smallest absolute Gasteiger partial charge is 0.119 e. The lowest BCUT2D eigenvalue weighted by atomic mass is 9.84. The maximum absolute atomic E-state index is 11.1. The van der Waals surface area contributed by atoms with Crippen molar-refractivity contribution >= 4 is 5.57 Å². The Morgan fingerprint density at radius 1 is 1.03 bits per heavy atom. The van der Waals surface area contributed by atoms with Gasteiger partial charge in [-0.3, -0.25) is 4.98 Å². The van der Waals surface area contributed by atoms with Gasteiger partial charge in [0, 0.05) is 37.6 Å². The second-order valence-electron chi connectivity index (χ2n) is 8.12. The Balaban J connectivity index is 1.43.